The van der Waals surface area contributed by atoms with Crippen LogP contribution in [0.5, 0.6) is 0 Å². The summed E-state index contributed by atoms with van der Waals surface area (Å²) >= 11 is 12.3. The molecule has 8 heteroatoms. The molecule has 0 aliphatic carbocycles. The lowest BCUT2D eigenvalue weighted by Gasteiger charge is -2.19. The molecule has 2 rings (SSSR count). The van der Waals surface area contributed by atoms with Gasteiger partial charge in [0.1, 0.15) is 10.9 Å². The second kappa shape index (κ2) is 7.74. The zero-order chi connectivity index (χ0) is 18.8. The van der Waals surface area contributed by atoms with Gasteiger partial charge in [-0.25, -0.2) is 8.42 Å². The van der Waals surface area contributed by atoms with Crippen molar-refractivity contribution >= 4 is 39.1 Å². The van der Waals surface area contributed by atoms with Crippen molar-refractivity contribution in [3.05, 3.63) is 63.1 Å². The van der Waals surface area contributed by atoms with Gasteiger partial charge in [-0.1, -0.05) is 53.5 Å². The summed E-state index contributed by atoms with van der Waals surface area (Å²) in [6.45, 7) is 3.21. The summed E-state index contributed by atoms with van der Waals surface area (Å²) in [6.07, 6.45) is 0.131. The molecular weight excluding hydrogens is 383 g/mol. The third-order valence-corrected chi connectivity index (χ3v) is 6.41. The van der Waals surface area contributed by atoms with Gasteiger partial charge in [-0.3, -0.25) is 4.79 Å². The lowest BCUT2D eigenvalue weighted by Crippen LogP contribution is -2.46. The molecule has 0 saturated heterocycles. The fourth-order valence-electron chi connectivity index (χ4n) is 2.43. The van der Waals surface area contributed by atoms with Crippen LogP contribution in [0, 0.1) is 13.8 Å². The van der Waals surface area contributed by atoms with E-state index in [-0.39, 0.29) is 21.4 Å². The average Bonchev–Trinajstić information content (AvgIpc) is 2.53. The SMILES string of the molecule is Cc1cc(Cl)c(C)c(S(=O)(=O)NC(Cc2ccccc2)C(N)=O)c1Cl. The van der Waals surface area contributed by atoms with Gasteiger partial charge in [0.15, 0.2) is 0 Å². The lowest BCUT2D eigenvalue weighted by molar-refractivity contribution is -0.119. The van der Waals surface area contributed by atoms with Crippen LogP contribution in [0.2, 0.25) is 10.0 Å². The van der Waals surface area contributed by atoms with Gasteiger partial charge in [0.2, 0.25) is 15.9 Å². The number of primary amides is 1. The fourth-order valence-corrected chi connectivity index (χ4v) is 4.85. The summed E-state index contributed by atoms with van der Waals surface area (Å²) in [5, 5.41) is 0.346. The summed E-state index contributed by atoms with van der Waals surface area (Å²) in [6, 6.07) is 9.46. The third-order valence-electron chi connectivity index (χ3n) is 3.78. The van der Waals surface area contributed by atoms with E-state index in [0.29, 0.717) is 11.1 Å². The van der Waals surface area contributed by atoms with Gasteiger partial charge < -0.3 is 5.73 Å². The Morgan fingerprint density at radius 1 is 1.20 bits per heavy atom. The van der Waals surface area contributed by atoms with Crippen molar-refractivity contribution in [2.24, 2.45) is 5.73 Å². The topological polar surface area (TPSA) is 89.3 Å². The number of amides is 1. The van der Waals surface area contributed by atoms with E-state index in [1.807, 2.05) is 6.07 Å². The Labute approximate surface area is 157 Å². The molecule has 134 valence electrons. The van der Waals surface area contributed by atoms with Crippen molar-refractivity contribution in [1.29, 1.82) is 0 Å². The first-order valence-corrected chi connectivity index (χ1v) is 9.68. The largest absolute Gasteiger partial charge is 0.368 e. The van der Waals surface area contributed by atoms with Crippen LogP contribution in [0.15, 0.2) is 41.3 Å². The second-order valence-electron chi connectivity index (χ2n) is 5.71. The van der Waals surface area contributed by atoms with Gasteiger partial charge in [0.25, 0.3) is 0 Å². The minimum absolute atomic E-state index is 0.0670. The van der Waals surface area contributed by atoms with E-state index < -0.39 is 22.0 Å². The molecule has 2 aromatic carbocycles. The Bertz CT molecular complexity index is 874. The fraction of sp³-hybridized carbons (Fsp3) is 0.235. The van der Waals surface area contributed by atoms with E-state index in [1.54, 1.807) is 44.2 Å². The Kier molecular flexibility index (Phi) is 6.11. The molecule has 1 atom stereocenters. The summed E-state index contributed by atoms with van der Waals surface area (Å²) < 4.78 is 28.0. The van der Waals surface area contributed by atoms with Crippen LogP contribution in [0.3, 0.4) is 0 Å². The van der Waals surface area contributed by atoms with E-state index in [0.717, 1.165) is 5.56 Å². The molecule has 0 saturated carbocycles. The van der Waals surface area contributed by atoms with Crippen LogP contribution >= 0.6 is 23.2 Å². The van der Waals surface area contributed by atoms with Gasteiger partial charge in [0.05, 0.1) is 5.02 Å². The first-order chi connectivity index (χ1) is 11.6. The molecule has 1 unspecified atom stereocenters. The maximum atomic E-state index is 12.8. The van der Waals surface area contributed by atoms with Crippen molar-refractivity contribution < 1.29 is 13.2 Å². The number of halogens is 2. The Hall–Kier alpha value is -1.60. The second-order valence-corrected chi connectivity index (χ2v) is 8.15. The van der Waals surface area contributed by atoms with E-state index in [2.05, 4.69) is 4.72 Å². The molecule has 1 amide bonds. The average molecular weight is 401 g/mol. The molecule has 0 aliphatic rings. The summed E-state index contributed by atoms with van der Waals surface area (Å²) in [5.41, 5.74) is 6.99. The van der Waals surface area contributed by atoms with Crippen molar-refractivity contribution in [3.8, 4) is 0 Å². The van der Waals surface area contributed by atoms with Crippen molar-refractivity contribution in [2.45, 2.75) is 31.2 Å². The van der Waals surface area contributed by atoms with Crippen LogP contribution in [0.4, 0.5) is 0 Å². The first-order valence-electron chi connectivity index (χ1n) is 7.44. The zero-order valence-electron chi connectivity index (χ0n) is 13.7. The minimum Gasteiger partial charge on any atom is -0.368 e. The van der Waals surface area contributed by atoms with E-state index in [1.165, 1.54) is 0 Å². The number of carbonyl (C=O) groups is 1. The number of nitrogens with one attached hydrogen (secondary N) is 1. The molecule has 2 aromatic rings. The number of hydrogen-bond donors (Lipinski definition) is 2. The molecule has 3 N–H and O–H groups in total. The van der Waals surface area contributed by atoms with Crippen LogP contribution in [-0.4, -0.2) is 20.4 Å². The van der Waals surface area contributed by atoms with Gasteiger partial charge in [-0.2, -0.15) is 4.72 Å². The predicted octanol–water partition coefficient (Wildman–Crippen LogP) is 2.99. The van der Waals surface area contributed by atoms with Gasteiger partial charge in [-0.15, -0.1) is 0 Å². The van der Waals surface area contributed by atoms with E-state index in [9.17, 15) is 13.2 Å². The highest BCUT2D eigenvalue weighted by atomic mass is 35.5. The molecule has 25 heavy (non-hydrogen) atoms. The molecule has 0 fully saturated rings. The molecule has 0 heterocycles. The normalized spacial score (nSPS) is 12.8. The molecule has 0 radical (unpaired) electrons. The van der Waals surface area contributed by atoms with Crippen LogP contribution in [0.1, 0.15) is 16.7 Å². The standard InChI is InChI=1S/C17H18Cl2N2O3S/c1-10-8-13(18)11(2)16(15(10)19)25(23,24)21-14(17(20)22)9-12-6-4-3-5-7-12/h3-8,14,21H,9H2,1-2H3,(H2,20,22). The maximum Gasteiger partial charge on any atom is 0.243 e. The maximum absolute atomic E-state index is 12.8. The van der Waals surface area contributed by atoms with E-state index >= 15 is 0 Å². The Balaban J connectivity index is 2.41. The number of benzene rings is 2. The summed E-state index contributed by atoms with van der Waals surface area (Å²) in [7, 11) is -4.10. The molecule has 5 nitrogen and oxygen atoms in total. The number of hydrogen-bond acceptors (Lipinski definition) is 3. The third kappa shape index (κ3) is 4.52. The van der Waals surface area contributed by atoms with Crippen LogP contribution in [-0.2, 0) is 21.2 Å². The lowest BCUT2D eigenvalue weighted by atomic mass is 10.1. The van der Waals surface area contributed by atoms with E-state index in [4.69, 9.17) is 28.9 Å². The number of carbonyl (C=O) groups excluding carboxylic acids is 1. The summed E-state index contributed by atoms with van der Waals surface area (Å²) in [4.78, 5) is 11.6. The predicted molar refractivity (Wildman–Crippen MR) is 99.4 cm³/mol. The highest BCUT2D eigenvalue weighted by Gasteiger charge is 2.29. The molecule has 0 aromatic heterocycles. The monoisotopic (exact) mass is 400 g/mol. The van der Waals surface area contributed by atoms with Crippen LogP contribution < -0.4 is 10.5 Å². The number of rotatable bonds is 6. The zero-order valence-corrected chi connectivity index (χ0v) is 16.0. The van der Waals surface area contributed by atoms with Crippen molar-refractivity contribution in [2.75, 3.05) is 0 Å². The van der Waals surface area contributed by atoms with Gasteiger partial charge in [-0.05, 0) is 43.0 Å². The van der Waals surface area contributed by atoms with Gasteiger partial charge >= 0.3 is 0 Å². The summed E-state index contributed by atoms with van der Waals surface area (Å²) in [5.74, 6) is -0.778. The smallest absolute Gasteiger partial charge is 0.243 e. The van der Waals surface area contributed by atoms with Crippen LogP contribution in [0.25, 0.3) is 0 Å². The molecular formula is C17H18Cl2N2O3S. The first kappa shape index (κ1) is 19.7. The van der Waals surface area contributed by atoms with Gasteiger partial charge in [0, 0.05) is 5.02 Å². The number of sulfonamides is 1. The quantitative estimate of drug-likeness (QED) is 0.780. The Morgan fingerprint density at radius 2 is 1.80 bits per heavy atom. The molecule has 0 spiro atoms. The highest BCUT2D eigenvalue weighted by molar-refractivity contribution is 7.89. The Morgan fingerprint density at radius 3 is 2.36 bits per heavy atom. The highest BCUT2D eigenvalue weighted by Crippen LogP contribution is 2.33. The number of aryl methyl sites for hydroxylation is 1. The minimum atomic E-state index is -4.10. The molecule has 0 aliphatic heterocycles. The number of nitrogens with two attached hydrogens (primary N) is 1. The molecule has 0 bridgehead atoms. The van der Waals surface area contributed by atoms with Crippen molar-refractivity contribution in [1.82, 2.24) is 4.72 Å². The van der Waals surface area contributed by atoms with Crippen molar-refractivity contribution in [3.63, 3.8) is 0 Å².